The summed E-state index contributed by atoms with van der Waals surface area (Å²) in [6, 6.07) is 24.9. The molecule has 0 spiro atoms. The zero-order valence-electron chi connectivity index (χ0n) is 16.7. The van der Waals surface area contributed by atoms with Gasteiger partial charge >= 0.3 is 0 Å². The molecule has 4 rings (SSSR count). The molecule has 0 aliphatic heterocycles. The number of hydrogen-bond donors (Lipinski definition) is 3. The maximum absolute atomic E-state index is 12.7. The van der Waals surface area contributed by atoms with E-state index in [0.29, 0.717) is 23.3 Å². The van der Waals surface area contributed by atoms with Crippen LogP contribution in [0.3, 0.4) is 0 Å². The number of carbonyl (C=O) groups is 1. The number of anilines is 1. The Kier molecular flexibility index (Phi) is 5.68. The maximum atomic E-state index is 12.7. The fourth-order valence-electron chi connectivity index (χ4n) is 3.50. The Bertz CT molecular complexity index is 1230. The molecule has 150 valence electrons. The summed E-state index contributed by atoms with van der Waals surface area (Å²) in [7, 11) is 1.90. The van der Waals surface area contributed by atoms with Crippen LogP contribution in [0, 0.1) is 0 Å². The molecule has 0 aliphatic rings. The third-order valence-electron chi connectivity index (χ3n) is 4.88. The van der Waals surface area contributed by atoms with E-state index in [1.165, 1.54) is 0 Å². The number of nitrogens with zero attached hydrogens (tertiary/aromatic N) is 1. The van der Waals surface area contributed by atoms with Gasteiger partial charge in [0.15, 0.2) is 12.4 Å². The number of nitrogens with one attached hydrogen (secondary N) is 3. The molecule has 30 heavy (non-hydrogen) atoms. The first-order valence-electron chi connectivity index (χ1n) is 9.84. The molecule has 1 aromatic heterocycles. The van der Waals surface area contributed by atoms with E-state index >= 15 is 0 Å². The molecule has 0 aliphatic carbocycles. The minimum absolute atomic E-state index is 0.0981. The monoisotopic (exact) mass is 399 g/mol. The fraction of sp³-hybridized carbons (Fsp3) is 0.125. The lowest BCUT2D eigenvalue weighted by Crippen LogP contribution is -3.08. The number of fused-ring (bicyclic) bond motifs is 1. The SMILES string of the molecule is C[NH+](CC(=O)Nc1ccccc1-c1ccccc1)Cc1nc2ccccc2c(=O)[nH]1. The van der Waals surface area contributed by atoms with Crippen molar-refractivity contribution in [2.24, 2.45) is 0 Å². The Labute approximate surface area is 174 Å². The van der Waals surface area contributed by atoms with Gasteiger partial charge in [0.25, 0.3) is 11.5 Å². The number of aromatic amines is 1. The van der Waals surface area contributed by atoms with E-state index in [0.717, 1.165) is 21.7 Å². The van der Waals surface area contributed by atoms with Gasteiger partial charge in [0.2, 0.25) is 0 Å². The molecule has 0 saturated carbocycles. The molecule has 1 unspecified atom stereocenters. The van der Waals surface area contributed by atoms with Gasteiger partial charge in [-0.15, -0.1) is 0 Å². The third kappa shape index (κ3) is 4.45. The van der Waals surface area contributed by atoms with Crippen LogP contribution in [0.4, 0.5) is 5.69 Å². The summed E-state index contributed by atoms with van der Waals surface area (Å²) in [6.45, 7) is 0.688. The van der Waals surface area contributed by atoms with Gasteiger partial charge in [0, 0.05) is 11.3 Å². The second-order valence-corrected chi connectivity index (χ2v) is 7.30. The molecule has 0 bridgehead atoms. The molecule has 1 amide bonds. The van der Waals surface area contributed by atoms with Crippen LogP contribution >= 0.6 is 0 Å². The van der Waals surface area contributed by atoms with Gasteiger partial charge in [-0.3, -0.25) is 9.59 Å². The van der Waals surface area contributed by atoms with E-state index in [-0.39, 0.29) is 18.0 Å². The van der Waals surface area contributed by atoms with E-state index in [2.05, 4.69) is 15.3 Å². The van der Waals surface area contributed by atoms with Crippen molar-refractivity contribution >= 4 is 22.5 Å². The normalized spacial score (nSPS) is 11.9. The average Bonchev–Trinajstić information content (AvgIpc) is 2.74. The number of carbonyl (C=O) groups excluding carboxylic acids is 1. The summed E-state index contributed by atoms with van der Waals surface area (Å²) < 4.78 is 0. The highest BCUT2D eigenvalue weighted by Crippen LogP contribution is 2.27. The summed E-state index contributed by atoms with van der Waals surface area (Å²) in [5.41, 5.74) is 3.30. The van der Waals surface area contributed by atoms with Crippen LogP contribution in [0.5, 0.6) is 0 Å². The van der Waals surface area contributed by atoms with Gasteiger partial charge in [-0.2, -0.15) is 0 Å². The van der Waals surface area contributed by atoms with Crippen molar-refractivity contribution in [3.8, 4) is 11.1 Å². The van der Waals surface area contributed by atoms with Crippen LogP contribution < -0.4 is 15.8 Å². The third-order valence-corrected chi connectivity index (χ3v) is 4.88. The second-order valence-electron chi connectivity index (χ2n) is 7.30. The van der Waals surface area contributed by atoms with Crippen LogP contribution in [0.1, 0.15) is 5.82 Å². The first-order valence-corrected chi connectivity index (χ1v) is 9.84. The highest BCUT2D eigenvalue weighted by Gasteiger charge is 2.15. The summed E-state index contributed by atoms with van der Waals surface area (Å²) in [5.74, 6) is 0.465. The minimum Gasteiger partial charge on any atom is -0.323 e. The van der Waals surface area contributed by atoms with Crippen molar-refractivity contribution in [2.45, 2.75) is 6.54 Å². The van der Waals surface area contributed by atoms with E-state index in [4.69, 9.17) is 0 Å². The number of H-pyrrole nitrogens is 1. The summed E-state index contributed by atoms with van der Waals surface area (Å²) in [4.78, 5) is 33.1. The molecule has 1 heterocycles. The van der Waals surface area contributed by atoms with Gasteiger partial charge in [-0.1, -0.05) is 60.7 Å². The predicted octanol–water partition coefficient (Wildman–Crippen LogP) is 2.24. The van der Waals surface area contributed by atoms with Crippen LogP contribution in [-0.2, 0) is 11.3 Å². The van der Waals surface area contributed by atoms with Gasteiger partial charge in [0.05, 0.1) is 18.0 Å². The molecule has 0 radical (unpaired) electrons. The van der Waals surface area contributed by atoms with E-state index in [9.17, 15) is 9.59 Å². The molecular formula is C24H23N4O2+. The van der Waals surface area contributed by atoms with Gasteiger partial charge in [-0.05, 0) is 23.8 Å². The second kappa shape index (κ2) is 8.71. The number of aromatic nitrogens is 2. The zero-order chi connectivity index (χ0) is 20.9. The van der Waals surface area contributed by atoms with Crippen molar-refractivity contribution in [2.75, 3.05) is 18.9 Å². The standard InChI is InChI=1S/C24H22N4O2/c1-28(15-22-25-21-14-8-6-12-19(21)24(30)27-22)16-23(29)26-20-13-7-5-11-18(20)17-9-3-2-4-10-17/h2-14H,15-16H2,1H3,(H,26,29)(H,25,27,30)/p+1. The Balaban J connectivity index is 1.45. The van der Waals surface area contributed by atoms with Crippen LogP contribution in [0.25, 0.3) is 22.0 Å². The van der Waals surface area contributed by atoms with Crippen LogP contribution in [-0.4, -0.2) is 29.5 Å². The van der Waals surface area contributed by atoms with Crippen molar-refractivity contribution in [1.82, 2.24) is 9.97 Å². The number of hydrogen-bond acceptors (Lipinski definition) is 3. The number of benzene rings is 3. The molecule has 6 nitrogen and oxygen atoms in total. The fourth-order valence-corrected chi connectivity index (χ4v) is 3.50. The lowest BCUT2D eigenvalue weighted by molar-refractivity contribution is -0.885. The van der Waals surface area contributed by atoms with Crippen molar-refractivity contribution in [1.29, 1.82) is 0 Å². The largest absolute Gasteiger partial charge is 0.323 e. The summed E-state index contributed by atoms with van der Waals surface area (Å²) in [6.07, 6.45) is 0. The van der Waals surface area contributed by atoms with Gasteiger partial charge in [-0.25, -0.2) is 4.98 Å². The molecule has 3 N–H and O–H groups in total. The van der Waals surface area contributed by atoms with Gasteiger partial charge < -0.3 is 15.2 Å². The predicted molar refractivity (Wildman–Crippen MR) is 118 cm³/mol. The maximum Gasteiger partial charge on any atom is 0.279 e. The molecule has 0 saturated heterocycles. The van der Waals surface area contributed by atoms with Crippen molar-refractivity contribution in [3.63, 3.8) is 0 Å². The summed E-state index contributed by atoms with van der Waals surface area (Å²) >= 11 is 0. The van der Waals surface area contributed by atoms with E-state index < -0.39 is 0 Å². The summed E-state index contributed by atoms with van der Waals surface area (Å²) in [5, 5.41) is 3.58. The van der Waals surface area contributed by atoms with Gasteiger partial charge in [0.1, 0.15) is 6.54 Å². The lowest BCUT2D eigenvalue weighted by Gasteiger charge is -2.15. The Morgan fingerprint density at radius 3 is 2.50 bits per heavy atom. The zero-order valence-corrected chi connectivity index (χ0v) is 16.7. The minimum atomic E-state index is -0.162. The molecular weight excluding hydrogens is 376 g/mol. The number of quaternary nitrogens is 1. The number of amides is 1. The smallest absolute Gasteiger partial charge is 0.279 e. The molecule has 3 aromatic carbocycles. The number of likely N-dealkylation sites (N-methyl/N-ethyl adjacent to an activating group) is 1. The van der Waals surface area contributed by atoms with Crippen LogP contribution in [0.2, 0.25) is 0 Å². The topological polar surface area (TPSA) is 79.3 Å². The Morgan fingerprint density at radius 2 is 1.67 bits per heavy atom. The van der Waals surface area contributed by atoms with Crippen molar-refractivity contribution in [3.05, 3.63) is 95.0 Å². The Hall–Kier alpha value is -3.77. The Morgan fingerprint density at radius 1 is 0.967 bits per heavy atom. The van der Waals surface area contributed by atoms with E-state index in [1.807, 2.05) is 79.8 Å². The average molecular weight is 399 g/mol. The van der Waals surface area contributed by atoms with Crippen LogP contribution in [0.15, 0.2) is 83.7 Å². The number of rotatable bonds is 6. The highest BCUT2D eigenvalue weighted by molar-refractivity contribution is 5.96. The molecule has 1 atom stereocenters. The lowest BCUT2D eigenvalue weighted by atomic mass is 10.0. The highest BCUT2D eigenvalue weighted by atomic mass is 16.2. The molecule has 4 aromatic rings. The molecule has 6 heteroatoms. The first-order chi connectivity index (χ1) is 14.6. The molecule has 0 fully saturated rings. The van der Waals surface area contributed by atoms with Crippen molar-refractivity contribution < 1.29 is 9.69 Å². The first kappa shape index (κ1) is 19.5. The quantitative estimate of drug-likeness (QED) is 0.465. The number of para-hydroxylation sites is 2. The van der Waals surface area contributed by atoms with E-state index in [1.54, 1.807) is 6.07 Å².